The monoisotopic (exact) mass is 354 g/mol. The maximum Gasteiger partial charge on any atom is 0.191 e. The lowest BCUT2D eigenvalue weighted by atomic mass is 10.3. The standard InChI is InChI=1S/C18H26N8/c1-13-22-15-8-5-6-9-16(15)26(13)11-7-10-20-18(19-3)21-12-17-24-23-14(2)25(17)4/h5-6,8-9H,7,10-12H2,1-4H3,(H2,19,20,21). The Morgan fingerprint density at radius 2 is 1.92 bits per heavy atom. The Balaban J connectivity index is 1.48. The predicted octanol–water partition coefficient (Wildman–Crippen LogP) is 1.54. The Kier molecular flexibility index (Phi) is 5.50. The van der Waals surface area contributed by atoms with Crippen molar-refractivity contribution in [3.63, 3.8) is 0 Å². The number of guanidine groups is 1. The number of benzene rings is 1. The van der Waals surface area contributed by atoms with E-state index >= 15 is 0 Å². The molecule has 0 fully saturated rings. The van der Waals surface area contributed by atoms with Crippen LogP contribution in [0.25, 0.3) is 11.0 Å². The van der Waals surface area contributed by atoms with E-state index in [9.17, 15) is 0 Å². The molecule has 0 spiro atoms. The smallest absolute Gasteiger partial charge is 0.191 e. The van der Waals surface area contributed by atoms with Gasteiger partial charge in [0.05, 0.1) is 17.6 Å². The minimum Gasteiger partial charge on any atom is -0.356 e. The first-order valence-electron chi connectivity index (χ1n) is 8.81. The molecular formula is C18H26N8. The lowest BCUT2D eigenvalue weighted by Crippen LogP contribution is -2.38. The first kappa shape index (κ1) is 17.9. The molecule has 0 aliphatic rings. The topological polar surface area (TPSA) is 84.9 Å². The van der Waals surface area contributed by atoms with Gasteiger partial charge in [0.2, 0.25) is 0 Å². The minimum absolute atomic E-state index is 0.586. The van der Waals surface area contributed by atoms with Crippen molar-refractivity contribution in [1.82, 2.24) is 34.9 Å². The van der Waals surface area contributed by atoms with Crippen LogP contribution in [0.4, 0.5) is 0 Å². The van der Waals surface area contributed by atoms with Crippen molar-refractivity contribution < 1.29 is 0 Å². The number of para-hydroxylation sites is 2. The van der Waals surface area contributed by atoms with Crippen molar-refractivity contribution in [2.45, 2.75) is 33.4 Å². The zero-order valence-corrected chi connectivity index (χ0v) is 15.8. The van der Waals surface area contributed by atoms with Gasteiger partial charge in [0, 0.05) is 27.2 Å². The van der Waals surface area contributed by atoms with Crippen LogP contribution < -0.4 is 10.6 Å². The summed E-state index contributed by atoms with van der Waals surface area (Å²) < 4.78 is 4.22. The van der Waals surface area contributed by atoms with E-state index < -0.39 is 0 Å². The van der Waals surface area contributed by atoms with E-state index in [1.54, 1.807) is 7.05 Å². The molecule has 2 aromatic heterocycles. The summed E-state index contributed by atoms with van der Waals surface area (Å²) in [5.74, 6) is 3.59. The summed E-state index contributed by atoms with van der Waals surface area (Å²) in [6, 6.07) is 8.25. The van der Waals surface area contributed by atoms with Gasteiger partial charge in [-0.25, -0.2) is 4.98 Å². The quantitative estimate of drug-likeness (QED) is 0.398. The molecule has 0 bridgehead atoms. The fourth-order valence-corrected chi connectivity index (χ4v) is 2.91. The highest BCUT2D eigenvalue weighted by atomic mass is 15.3. The lowest BCUT2D eigenvalue weighted by molar-refractivity contribution is 0.622. The fourth-order valence-electron chi connectivity index (χ4n) is 2.91. The predicted molar refractivity (Wildman–Crippen MR) is 103 cm³/mol. The van der Waals surface area contributed by atoms with E-state index in [0.717, 1.165) is 48.5 Å². The largest absolute Gasteiger partial charge is 0.356 e. The average Bonchev–Trinajstić information content (AvgIpc) is 3.14. The van der Waals surface area contributed by atoms with Crippen LogP contribution in [0, 0.1) is 13.8 Å². The van der Waals surface area contributed by atoms with Gasteiger partial charge in [-0.1, -0.05) is 12.1 Å². The summed E-state index contributed by atoms with van der Waals surface area (Å²) in [5, 5.41) is 14.8. The molecule has 0 aliphatic heterocycles. The number of hydrogen-bond donors (Lipinski definition) is 2. The Bertz CT molecular complexity index is 905. The van der Waals surface area contributed by atoms with Gasteiger partial charge in [0.1, 0.15) is 11.6 Å². The van der Waals surface area contributed by atoms with E-state index in [4.69, 9.17) is 0 Å². The number of nitrogens with one attached hydrogen (secondary N) is 2. The van der Waals surface area contributed by atoms with Crippen LogP contribution in [0.15, 0.2) is 29.3 Å². The Hall–Kier alpha value is -2.90. The molecule has 26 heavy (non-hydrogen) atoms. The number of nitrogens with zero attached hydrogens (tertiary/aromatic N) is 6. The molecule has 0 atom stereocenters. The Labute approximate surface area is 153 Å². The number of imidazole rings is 1. The summed E-state index contributed by atoms with van der Waals surface area (Å²) in [4.78, 5) is 8.87. The highest BCUT2D eigenvalue weighted by Crippen LogP contribution is 2.15. The van der Waals surface area contributed by atoms with Crippen LogP contribution in [-0.2, 0) is 20.1 Å². The van der Waals surface area contributed by atoms with Crippen molar-refractivity contribution in [2.75, 3.05) is 13.6 Å². The molecule has 0 saturated heterocycles. The first-order chi connectivity index (χ1) is 12.6. The number of aliphatic imine (C=N–C) groups is 1. The van der Waals surface area contributed by atoms with E-state index in [1.807, 2.05) is 24.6 Å². The molecule has 0 radical (unpaired) electrons. The third kappa shape index (κ3) is 3.84. The summed E-state index contributed by atoms with van der Waals surface area (Å²) in [6.45, 7) is 6.31. The lowest BCUT2D eigenvalue weighted by Gasteiger charge is -2.12. The number of aromatic nitrogens is 5. The normalized spacial score (nSPS) is 11.9. The Morgan fingerprint density at radius 3 is 2.65 bits per heavy atom. The van der Waals surface area contributed by atoms with Crippen molar-refractivity contribution in [3.8, 4) is 0 Å². The van der Waals surface area contributed by atoms with E-state index in [0.29, 0.717) is 6.54 Å². The number of rotatable bonds is 6. The highest BCUT2D eigenvalue weighted by Gasteiger charge is 2.07. The van der Waals surface area contributed by atoms with Crippen molar-refractivity contribution in [2.24, 2.45) is 12.0 Å². The maximum absolute atomic E-state index is 4.61. The molecule has 8 heteroatoms. The van der Waals surface area contributed by atoms with Crippen LogP contribution in [-0.4, -0.2) is 43.9 Å². The second-order valence-corrected chi connectivity index (χ2v) is 6.23. The van der Waals surface area contributed by atoms with Gasteiger partial charge < -0.3 is 19.8 Å². The van der Waals surface area contributed by atoms with E-state index in [2.05, 4.69) is 60.5 Å². The van der Waals surface area contributed by atoms with Gasteiger partial charge in [-0.2, -0.15) is 0 Å². The minimum atomic E-state index is 0.586. The number of fused-ring (bicyclic) bond motifs is 1. The molecule has 1 aromatic carbocycles. The third-order valence-electron chi connectivity index (χ3n) is 4.52. The molecule has 2 heterocycles. The van der Waals surface area contributed by atoms with Crippen LogP contribution in [0.2, 0.25) is 0 Å². The summed E-state index contributed by atoms with van der Waals surface area (Å²) >= 11 is 0. The second-order valence-electron chi connectivity index (χ2n) is 6.23. The van der Waals surface area contributed by atoms with Gasteiger partial charge >= 0.3 is 0 Å². The highest BCUT2D eigenvalue weighted by molar-refractivity contribution is 5.79. The molecule has 3 rings (SSSR count). The summed E-state index contributed by atoms with van der Waals surface area (Å²) in [6.07, 6.45) is 0.977. The molecule has 3 aromatic rings. The Morgan fingerprint density at radius 1 is 1.12 bits per heavy atom. The van der Waals surface area contributed by atoms with Crippen LogP contribution in [0.1, 0.15) is 23.9 Å². The fraction of sp³-hybridized carbons (Fsp3) is 0.444. The molecule has 0 amide bonds. The van der Waals surface area contributed by atoms with Gasteiger partial charge in [0.25, 0.3) is 0 Å². The van der Waals surface area contributed by atoms with Crippen molar-refractivity contribution in [1.29, 1.82) is 0 Å². The van der Waals surface area contributed by atoms with E-state index in [1.165, 1.54) is 5.52 Å². The number of hydrogen-bond acceptors (Lipinski definition) is 4. The summed E-state index contributed by atoms with van der Waals surface area (Å²) in [7, 11) is 3.73. The zero-order chi connectivity index (χ0) is 18.5. The van der Waals surface area contributed by atoms with Crippen LogP contribution in [0.5, 0.6) is 0 Å². The van der Waals surface area contributed by atoms with Gasteiger partial charge in [-0.3, -0.25) is 4.99 Å². The SMILES string of the molecule is CN=C(NCCCn1c(C)nc2ccccc21)NCc1nnc(C)n1C. The molecular weight excluding hydrogens is 328 g/mol. The molecule has 0 unspecified atom stereocenters. The summed E-state index contributed by atoms with van der Waals surface area (Å²) in [5.41, 5.74) is 2.24. The van der Waals surface area contributed by atoms with Crippen molar-refractivity contribution in [3.05, 3.63) is 41.7 Å². The van der Waals surface area contributed by atoms with Crippen molar-refractivity contribution >= 4 is 17.0 Å². The molecule has 138 valence electrons. The van der Waals surface area contributed by atoms with E-state index in [-0.39, 0.29) is 0 Å². The molecule has 2 N–H and O–H groups in total. The molecule has 0 aliphatic carbocycles. The maximum atomic E-state index is 4.61. The van der Waals surface area contributed by atoms with Crippen LogP contribution in [0.3, 0.4) is 0 Å². The van der Waals surface area contributed by atoms with Gasteiger partial charge in [0.15, 0.2) is 11.8 Å². The number of aryl methyl sites for hydroxylation is 3. The van der Waals surface area contributed by atoms with Gasteiger partial charge in [-0.05, 0) is 32.4 Å². The van der Waals surface area contributed by atoms with Crippen LogP contribution >= 0.6 is 0 Å². The first-order valence-corrected chi connectivity index (χ1v) is 8.81. The van der Waals surface area contributed by atoms with Gasteiger partial charge in [-0.15, -0.1) is 10.2 Å². The third-order valence-corrected chi connectivity index (χ3v) is 4.52. The average molecular weight is 354 g/mol. The molecule has 0 saturated carbocycles. The zero-order valence-electron chi connectivity index (χ0n) is 15.8. The second kappa shape index (κ2) is 7.99. The molecule has 8 nitrogen and oxygen atoms in total.